The van der Waals surface area contributed by atoms with Crippen LogP contribution in [0.3, 0.4) is 0 Å². The smallest absolute Gasteiger partial charge is 0.228 e. The zero-order valence-corrected chi connectivity index (χ0v) is 20.7. The number of hydrogen-bond donors (Lipinski definition) is 0. The molecule has 0 unspecified atom stereocenters. The second-order valence-electron chi connectivity index (χ2n) is 7.19. The minimum Gasteiger partial charge on any atom is -0.309 e. The number of halogens is 3. The van der Waals surface area contributed by atoms with Crippen molar-refractivity contribution in [2.24, 2.45) is 0 Å². The van der Waals surface area contributed by atoms with Gasteiger partial charge in [-0.25, -0.2) is 9.37 Å². The Morgan fingerprint density at radius 1 is 1.13 bits per heavy atom. The molecule has 3 aromatic rings. The molecule has 0 fully saturated rings. The SMILES string of the molecule is CN(C)CCCN(C(=O)CCCSc1ccc(Cl)cc1)c1nc2c(F)cccc2s1.Cl. The largest absolute Gasteiger partial charge is 0.309 e. The number of nitrogens with zero attached hydrogens (tertiary/aromatic N) is 3. The van der Waals surface area contributed by atoms with E-state index in [1.54, 1.807) is 22.7 Å². The van der Waals surface area contributed by atoms with Crippen LogP contribution in [0.5, 0.6) is 0 Å². The number of fused-ring (bicyclic) bond motifs is 1. The molecule has 0 N–H and O–H groups in total. The Bertz CT molecular complexity index is 983. The highest BCUT2D eigenvalue weighted by Gasteiger charge is 2.20. The van der Waals surface area contributed by atoms with Crippen LogP contribution in [-0.2, 0) is 4.79 Å². The van der Waals surface area contributed by atoms with Gasteiger partial charge < -0.3 is 4.90 Å². The van der Waals surface area contributed by atoms with Gasteiger partial charge in [0.05, 0.1) is 4.70 Å². The molecule has 3 rings (SSSR count). The number of benzene rings is 2. The molecular formula is C22H26Cl2FN3OS2. The average Bonchev–Trinajstić information content (AvgIpc) is 3.15. The van der Waals surface area contributed by atoms with Crippen molar-refractivity contribution in [1.82, 2.24) is 9.88 Å². The fraction of sp³-hybridized carbons (Fsp3) is 0.364. The van der Waals surface area contributed by atoms with E-state index in [9.17, 15) is 9.18 Å². The molecule has 0 spiro atoms. The van der Waals surface area contributed by atoms with Gasteiger partial charge in [-0.05, 0) is 75.6 Å². The molecule has 0 aliphatic heterocycles. The Kier molecular flexibility index (Phi) is 10.5. The zero-order valence-electron chi connectivity index (χ0n) is 17.5. The van der Waals surface area contributed by atoms with Gasteiger partial charge in [0.25, 0.3) is 0 Å². The number of amides is 1. The van der Waals surface area contributed by atoms with Gasteiger partial charge in [0.2, 0.25) is 5.91 Å². The number of rotatable bonds is 10. The van der Waals surface area contributed by atoms with Crippen LogP contribution in [0.25, 0.3) is 10.2 Å². The van der Waals surface area contributed by atoms with Crippen molar-refractivity contribution in [1.29, 1.82) is 0 Å². The topological polar surface area (TPSA) is 36.4 Å². The van der Waals surface area contributed by atoms with Gasteiger partial charge in [-0.2, -0.15) is 0 Å². The Labute approximate surface area is 202 Å². The lowest BCUT2D eigenvalue weighted by Gasteiger charge is -2.21. The number of anilines is 1. The monoisotopic (exact) mass is 501 g/mol. The third-order valence-electron chi connectivity index (χ3n) is 4.49. The number of para-hydroxylation sites is 1. The lowest BCUT2D eigenvalue weighted by molar-refractivity contribution is -0.118. The average molecular weight is 503 g/mol. The molecule has 0 saturated heterocycles. The summed E-state index contributed by atoms with van der Waals surface area (Å²) in [6.45, 7) is 1.44. The lowest BCUT2D eigenvalue weighted by atomic mass is 10.3. The number of thioether (sulfide) groups is 1. The Morgan fingerprint density at radius 3 is 2.55 bits per heavy atom. The first-order valence-electron chi connectivity index (χ1n) is 9.82. The van der Waals surface area contributed by atoms with Crippen LogP contribution in [0.1, 0.15) is 19.3 Å². The van der Waals surface area contributed by atoms with Crippen LogP contribution in [-0.4, -0.2) is 48.7 Å². The highest BCUT2D eigenvalue weighted by molar-refractivity contribution is 7.99. The van der Waals surface area contributed by atoms with E-state index < -0.39 is 0 Å². The second kappa shape index (κ2) is 12.6. The highest BCUT2D eigenvalue weighted by atomic mass is 35.5. The first-order valence-corrected chi connectivity index (χ1v) is 12.0. The van der Waals surface area contributed by atoms with Crippen molar-refractivity contribution in [3.63, 3.8) is 0 Å². The Hall–Kier alpha value is -1.38. The van der Waals surface area contributed by atoms with E-state index in [-0.39, 0.29) is 24.1 Å². The van der Waals surface area contributed by atoms with Crippen LogP contribution in [0.15, 0.2) is 47.4 Å². The normalized spacial score (nSPS) is 11.0. The molecule has 0 saturated carbocycles. The van der Waals surface area contributed by atoms with E-state index in [4.69, 9.17) is 11.6 Å². The molecule has 2 aromatic carbocycles. The summed E-state index contributed by atoms with van der Waals surface area (Å²) < 4.78 is 14.8. The van der Waals surface area contributed by atoms with E-state index in [0.29, 0.717) is 23.6 Å². The minimum absolute atomic E-state index is 0. The summed E-state index contributed by atoms with van der Waals surface area (Å²) >= 11 is 8.99. The minimum atomic E-state index is -0.352. The summed E-state index contributed by atoms with van der Waals surface area (Å²) in [7, 11) is 4.01. The third kappa shape index (κ3) is 7.61. The van der Waals surface area contributed by atoms with Gasteiger partial charge in [-0.3, -0.25) is 9.69 Å². The first-order chi connectivity index (χ1) is 14.4. The fourth-order valence-electron chi connectivity index (χ4n) is 2.97. The molecule has 9 heteroatoms. The predicted molar refractivity (Wildman–Crippen MR) is 134 cm³/mol. The molecule has 0 radical (unpaired) electrons. The molecule has 0 aliphatic rings. The van der Waals surface area contributed by atoms with Crippen molar-refractivity contribution in [3.05, 3.63) is 53.3 Å². The van der Waals surface area contributed by atoms with E-state index in [2.05, 4.69) is 9.88 Å². The zero-order chi connectivity index (χ0) is 21.5. The van der Waals surface area contributed by atoms with Crippen molar-refractivity contribution in [3.8, 4) is 0 Å². The van der Waals surface area contributed by atoms with Crippen LogP contribution in [0, 0.1) is 5.82 Å². The molecule has 4 nitrogen and oxygen atoms in total. The summed E-state index contributed by atoms with van der Waals surface area (Å²) in [5.41, 5.74) is 0.334. The maximum Gasteiger partial charge on any atom is 0.228 e. The van der Waals surface area contributed by atoms with Gasteiger partial charge in [0.1, 0.15) is 11.3 Å². The summed E-state index contributed by atoms with van der Waals surface area (Å²) in [5, 5.41) is 1.29. The first kappa shape index (κ1) is 25.9. The fourth-order valence-corrected chi connectivity index (χ4v) is 4.97. The Balaban J connectivity index is 0.00000341. The van der Waals surface area contributed by atoms with Crippen LogP contribution < -0.4 is 4.90 Å². The lowest BCUT2D eigenvalue weighted by Crippen LogP contribution is -2.33. The van der Waals surface area contributed by atoms with Crippen molar-refractivity contribution in [2.45, 2.75) is 24.2 Å². The molecule has 1 heterocycles. The van der Waals surface area contributed by atoms with Crippen LogP contribution >= 0.6 is 47.1 Å². The number of carbonyl (C=O) groups is 1. The van der Waals surface area contributed by atoms with Crippen molar-refractivity contribution in [2.75, 3.05) is 37.8 Å². The highest BCUT2D eigenvalue weighted by Crippen LogP contribution is 2.31. The summed E-state index contributed by atoms with van der Waals surface area (Å²) in [6.07, 6.45) is 2.02. The van der Waals surface area contributed by atoms with Gasteiger partial charge in [0.15, 0.2) is 5.13 Å². The van der Waals surface area contributed by atoms with E-state index in [0.717, 1.165) is 39.8 Å². The number of carbonyl (C=O) groups excluding carboxylic acids is 1. The second-order valence-corrected chi connectivity index (χ2v) is 9.81. The third-order valence-corrected chi connectivity index (χ3v) is 6.89. The summed E-state index contributed by atoms with van der Waals surface area (Å²) in [6, 6.07) is 12.6. The van der Waals surface area contributed by atoms with Gasteiger partial charge in [0, 0.05) is 22.9 Å². The van der Waals surface area contributed by atoms with E-state index in [1.165, 1.54) is 17.4 Å². The van der Waals surface area contributed by atoms with E-state index >= 15 is 0 Å². The van der Waals surface area contributed by atoms with Crippen LogP contribution in [0.4, 0.5) is 9.52 Å². The molecule has 0 atom stereocenters. The van der Waals surface area contributed by atoms with Crippen molar-refractivity contribution >= 4 is 68.4 Å². The molecule has 0 aliphatic carbocycles. The molecule has 168 valence electrons. The molecule has 1 aromatic heterocycles. The quantitative estimate of drug-likeness (QED) is 0.239. The molecule has 1 amide bonds. The standard InChI is InChI=1S/C22H25ClFN3OS2.ClH/c1-26(2)13-5-14-27(22-25-21-18(24)6-3-7-19(21)30-22)20(28)8-4-15-29-17-11-9-16(23)10-12-17;/h3,6-7,9-12H,4-5,8,13-15H2,1-2H3;1H. The number of hydrogen-bond acceptors (Lipinski definition) is 5. The molecule has 31 heavy (non-hydrogen) atoms. The van der Waals surface area contributed by atoms with Gasteiger partial charge in [-0.15, -0.1) is 24.2 Å². The number of thiazole rings is 1. The summed E-state index contributed by atoms with van der Waals surface area (Å²) in [5.74, 6) is 0.521. The molecular weight excluding hydrogens is 476 g/mol. The number of aromatic nitrogens is 1. The van der Waals surface area contributed by atoms with Gasteiger partial charge >= 0.3 is 0 Å². The maximum absolute atomic E-state index is 14.1. The Morgan fingerprint density at radius 2 is 1.87 bits per heavy atom. The maximum atomic E-state index is 14.1. The predicted octanol–water partition coefficient (Wildman–Crippen LogP) is 6.37. The van der Waals surface area contributed by atoms with Gasteiger partial charge in [-0.1, -0.05) is 29.0 Å². The molecule has 0 bridgehead atoms. The van der Waals surface area contributed by atoms with Crippen LogP contribution in [0.2, 0.25) is 5.02 Å². The van der Waals surface area contributed by atoms with Crippen molar-refractivity contribution < 1.29 is 9.18 Å². The van der Waals surface area contributed by atoms with E-state index in [1.807, 2.05) is 44.4 Å². The summed E-state index contributed by atoms with van der Waals surface area (Å²) in [4.78, 5) is 22.4.